The normalized spacial score (nSPS) is 27.9. The number of Topliss-reactive ketones (excluding diaryl/α,β-unsaturated/α-hetero) is 1. The zero-order valence-electron chi connectivity index (χ0n) is 10.3. The van der Waals surface area contributed by atoms with Gasteiger partial charge in [0.2, 0.25) is 0 Å². The summed E-state index contributed by atoms with van der Waals surface area (Å²) in [5, 5.41) is 0. The second kappa shape index (κ2) is 6.26. The summed E-state index contributed by atoms with van der Waals surface area (Å²) in [6.07, 6.45) is 6.08. The Kier molecular flexibility index (Phi) is 5.30. The van der Waals surface area contributed by atoms with E-state index >= 15 is 0 Å². The summed E-state index contributed by atoms with van der Waals surface area (Å²) in [5.74, 6) is 1.12. The first-order chi connectivity index (χ1) is 7.15. The minimum Gasteiger partial charge on any atom is -0.378 e. The molecule has 0 N–H and O–H groups in total. The maximum atomic E-state index is 11.4. The Morgan fingerprint density at radius 3 is 2.80 bits per heavy atom. The van der Waals surface area contributed by atoms with Gasteiger partial charge in [0.1, 0.15) is 5.78 Å². The summed E-state index contributed by atoms with van der Waals surface area (Å²) < 4.78 is 5.79. The molecule has 0 aromatic heterocycles. The molecule has 2 nitrogen and oxygen atoms in total. The van der Waals surface area contributed by atoms with E-state index in [1.54, 1.807) is 6.92 Å². The van der Waals surface area contributed by atoms with Crippen molar-refractivity contribution < 1.29 is 9.53 Å². The van der Waals surface area contributed by atoms with Crippen LogP contribution < -0.4 is 0 Å². The Morgan fingerprint density at radius 2 is 2.20 bits per heavy atom. The molecule has 1 fully saturated rings. The molecule has 15 heavy (non-hydrogen) atoms. The first-order valence-electron chi connectivity index (χ1n) is 6.27. The summed E-state index contributed by atoms with van der Waals surface area (Å²) in [5.41, 5.74) is 0. The van der Waals surface area contributed by atoms with Gasteiger partial charge in [-0.1, -0.05) is 19.8 Å². The van der Waals surface area contributed by atoms with Gasteiger partial charge in [0.05, 0.1) is 12.7 Å². The van der Waals surface area contributed by atoms with Crippen LogP contribution in [0.15, 0.2) is 0 Å². The molecule has 0 aromatic carbocycles. The second-order valence-electron chi connectivity index (χ2n) is 4.84. The van der Waals surface area contributed by atoms with Gasteiger partial charge in [-0.25, -0.2) is 0 Å². The molecule has 1 saturated carbocycles. The Hall–Kier alpha value is -0.370. The highest BCUT2D eigenvalue weighted by atomic mass is 16.5. The number of hydrogen-bond acceptors (Lipinski definition) is 2. The molecule has 3 atom stereocenters. The molecule has 0 bridgehead atoms. The van der Waals surface area contributed by atoms with E-state index in [1.807, 2.05) is 0 Å². The van der Waals surface area contributed by atoms with Crippen molar-refractivity contribution in [2.45, 2.75) is 59.0 Å². The third-order valence-electron chi connectivity index (χ3n) is 3.47. The van der Waals surface area contributed by atoms with Crippen molar-refractivity contribution in [2.24, 2.45) is 11.8 Å². The maximum absolute atomic E-state index is 11.4. The van der Waals surface area contributed by atoms with Gasteiger partial charge in [-0.3, -0.25) is 4.79 Å². The average Bonchev–Trinajstić information content (AvgIpc) is 2.63. The fraction of sp³-hybridized carbons (Fsp3) is 0.923. The van der Waals surface area contributed by atoms with Crippen LogP contribution >= 0.6 is 0 Å². The zero-order chi connectivity index (χ0) is 11.3. The highest BCUT2D eigenvalue weighted by Crippen LogP contribution is 2.32. The molecule has 2 heteroatoms. The van der Waals surface area contributed by atoms with Crippen molar-refractivity contribution in [1.82, 2.24) is 0 Å². The van der Waals surface area contributed by atoms with Crippen LogP contribution in [0.25, 0.3) is 0 Å². The van der Waals surface area contributed by atoms with Crippen molar-refractivity contribution in [3.8, 4) is 0 Å². The molecule has 88 valence electrons. The molecule has 0 aliphatic heterocycles. The van der Waals surface area contributed by atoms with Crippen molar-refractivity contribution in [2.75, 3.05) is 6.61 Å². The minimum absolute atomic E-state index is 0.277. The quantitative estimate of drug-likeness (QED) is 0.676. The fourth-order valence-electron chi connectivity index (χ4n) is 2.55. The Labute approximate surface area is 93.4 Å². The highest BCUT2D eigenvalue weighted by molar-refractivity contribution is 5.78. The lowest BCUT2D eigenvalue weighted by Crippen LogP contribution is -2.23. The predicted molar refractivity (Wildman–Crippen MR) is 61.8 cm³/mol. The van der Waals surface area contributed by atoms with Crippen LogP contribution in [-0.4, -0.2) is 18.5 Å². The van der Waals surface area contributed by atoms with E-state index in [4.69, 9.17) is 4.74 Å². The largest absolute Gasteiger partial charge is 0.378 e. The lowest BCUT2D eigenvalue weighted by molar-refractivity contribution is -0.122. The maximum Gasteiger partial charge on any atom is 0.133 e. The molecule has 0 heterocycles. The summed E-state index contributed by atoms with van der Waals surface area (Å²) in [6, 6.07) is 0. The summed E-state index contributed by atoms with van der Waals surface area (Å²) in [6.45, 7) is 6.80. The van der Waals surface area contributed by atoms with Crippen LogP contribution in [0.3, 0.4) is 0 Å². The number of ketones is 1. The number of ether oxygens (including phenoxy) is 1. The molecule has 0 amide bonds. The van der Waals surface area contributed by atoms with Gasteiger partial charge in [0.15, 0.2) is 0 Å². The molecular weight excluding hydrogens is 188 g/mol. The topological polar surface area (TPSA) is 26.3 Å². The molecule has 0 radical (unpaired) electrons. The molecule has 0 saturated heterocycles. The van der Waals surface area contributed by atoms with E-state index < -0.39 is 0 Å². The number of carbonyl (C=O) groups excluding carboxylic acids is 1. The first-order valence-corrected chi connectivity index (χ1v) is 6.27. The van der Waals surface area contributed by atoms with Gasteiger partial charge in [-0.15, -0.1) is 0 Å². The molecule has 0 aromatic rings. The van der Waals surface area contributed by atoms with Crippen LogP contribution in [0.2, 0.25) is 0 Å². The van der Waals surface area contributed by atoms with E-state index in [2.05, 4.69) is 13.8 Å². The predicted octanol–water partition coefficient (Wildman–Crippen LogP) is 3.20. The molecule has 0 spiro atoms. The Balaban J connectivity index is 2.28. The summed E-state index contributed by atoms with van der Waals surface area (Å²) >= 11 is 0. The average molecular weight is 212 g/mol. The Bertz CT molecular complexity index is 201. The lowest BCUT2D eigenvalue weighted by atomic mass is 9.93. The van der Waals surface area contributed by atoms with E-state index in [0.29, 0.717) is 17.8 Å². The summed E-state index contributed by atoms with van der Waals surface area (Å²) in [4.78, 5) is 11.4. The van der Waals surface area contributed by atoms with Gasteiger partial charge >= 0.3 is 0 Å². The monoisotopic (exact) mass is 212 g/mol. The van der Waals surface area contributed by atoms with Crippen molar-refractivity contribution in [3.05, 3.63) is 0 Å². The van der Waals surface area contributed by atoms with Gasteiger partial charge in [0, 0.05) is 5.92 Å². The molecule has 2 unspecified atom stereocenters. The van der Waals surface area contributed by atoms with Gasteiger partial charge < -0.3 is 4.74 Å². The van der Waals surface area contributed by atoms with Crippen LogP contribution in [0.4, 0.5) is 0 Å². The molecular formula is C13H24O2. The van der Waals surface area contributed by atoms with Gasteiger partial charge in [-0.2, -0.15) is 0 Å². The van der Waals surface area contributed by atoms with E-state index in [-0.39, 0.29) is 5.92 Å². The number of carbonyl (C=O) groups is 1. The van der Waals surface area contributed by atoms with E-state index in [1.165, 1.54) is 19.3 Å². The van der Waals surface area contributed by atoms with Crippen molar-refractivity contribution in [3.63, 3.8) is 0 Å². The molecule has 1 aliphatic carbocycles. The van der Waals surface area contributed by atoms with Crippen molar-refractivity contribution >= 4 is 5.78 Å². The Morgan fingerprint density at radius 1 is 1.47 bits per heavy atom. The van der Waals surface area contributed by atoms with Gasteiger partial charge in [0.25, 0.3) is 0 Å². The lowest BCUT2D eigenvalue weighted by Gasteiger charge is -2.20. The van der Waals surface area contributed by atoms with Crippen LogP contribution in [0, 0.1) is 11.8 Å². The van der Waals surface area contributed by atoms with Crippen LogP contribution in [0.5, 0.6) is 0 Å². The smallest absolute Gasteiger partial charge is 0.133 e. The third-order valence-corrected chi connectivity index (χ3v) is 3.47. The highest BCUT2D eigenvalue weighted by Gasteiger charge is 2.30. The van der Waals surface area contributed by atoms with E-state index in [9.17, 15) is 4.79 Å². The van der Waals surface area contributed by atoms with Gasteiger partial charge in [-0.05, 0) is 39.0 Å². The minimum atomic E-state index is 0.277. The second-order valence-corrected chi connectivity index (χ2v) is 4.84. The molecule has 1 rings (SSSR count). The van der Waals surface area contributed by atoms with Crippen molar-refractivity contribution in [1.29, 1.82) is 0 Å². The number of rotatable bonds is 6. The molecule has 1 aliphatic rings. The van der Waals surface area contributed by atoms with Crippen LogP contribution in [0.1, 0.15) is 52.9 Å². The summed E-state index contributed by atoms with van der Waals surface area (Å²) in [7, 11) is 0. The fourth-order valence-corrected chi connectivity index (χ4v) is 2.55. The standard InChI is InChI=1S/C13H24O2/c1-4-6-10(2)15-9-12-7-5-8-13(12)11(3)14/h10,12-13H,4-9H2,1-3H3/t10?,12?,13-/m0/s1. The zero-order valence-corrected chi connectivity index (χ0v) is 10.3. The number of hydrogen-bond donors (Lipinski definition) is 0. The van der Waals surface area contributed by atoms with Crippen LogP contribution in [-0.2, 0) is 9.53 Å². The van der Waals surface area contributed by atoms with E-state index in [0.717, 1.165) is 19.4 Å². The third kappa shape index (κ3) is 3.94. The SMILES string of the molecule is CCCC(C)OCC1CCC[C@H]1C(C)=O. The first kappa shape index (κ1) is 12.7.